The Morgan fingerprint density at radius 3 is 2.72 bits per heavy atom. The normalized spacial score (nSPS) is 22.7. The molecular formula is C20H24N6O3. The van der Waals surface area contributed by atoms with E-state index in [9.17, 15) is 4.79 Å². The summed E-state index contributed by atoms with van der Waals surface area (Å²) in [5, 5.41) is 18.2. The molecule has 0 unspecified atom stereocenters. The summed E-state index contributed by atoms with van der Waals surface area (Å²) in [7, 11) is 1.96. The number of amides is 1. The van der Waals surface area contributed by atoms with Crippen molar-refractivity contribution in [1.82, 2.24) is 30.0 Å². The van der Waals surface area contributed by atoms with Crippen molar-refractivity contribution in [3.8, 4) is 11.4 Å². The van der Waals surface area contributed by atoms with Crippen LogP contribution in [0, 0.1) is 5.92 Å². The monoisotopic (exact) mass is 396 g/mol. The van der Waals surface area contributed by atoms with E-state index in [1.165, 1.54) is 25.9 Å². The number of aryl methyl sites for hydroxylation is 1. The third-order valence-electron chi connectivity index (χ3n) is 5.83. The number of aromatic nitrogens is 4. The van der Waals surface area contributed by atoms with E-state index in [0.29, 0.717) is 11.6 Å². The predicted octanol–water partition coefficient (Wildman–Crippen LogP) is 1.49. The van der Waals surface area contributed by atoms with E-state index in [4.69, 9.17) is 9.90 Å². The first-order valence-corrected chi connectivity index (χ1v) is 9.67. The van der Waals surface area contributed by atoms with E-state index >= 15 is 0 Å². The summed E-state index contributed by atoms with van der Waals surface area (Å²) >= 11 is 0. The Morgan fingerprint density at radius 2 is 2.10 bits per heavy atom. The van der Waals surface area contributed by atoms with Gasteiger partial charge in [0.1, 0.15) is 5.82 Å². The molecule has 3 aliphatic rings. The van der Waals surface area contributed by atoms with Gasteiger partial charge < -0.3 is 19.9 Å². The van der Waals surface area contributed by atoms with Gasteiger partial charge in [-0.1, -0.05) is 6.07 Å². The van der Waals surface area contributed by atoms with Gasteiger partial charge in [0.25, 0.3) is 12.4 Å². The molecular weight excluding hydrogens is 372 g/mol. The number of benzene rings is 1. The Bertz CT molecular complexity index is 1020. The molecule has 9 heteroatoms. The summed E-state index contributed by atoms with van der Waals surface area (Å²) in [4.78, 5) is 28.0. The Labute approximate surface area is 167 Å². The number of carboxylic acid groups (broad SMARTS) is 1. The second kappa shape index (κ2) is 8.04. The Morgan fingerprint density at radius 1 is 1.34 bits per heavy atom. The zero-order valence-corrected chi connectivity index (χ0v) is 16.2. The number of piperidine rings is 3. The van der Waals surface area contributed by atoms with Crippen molar-refractivity contribution in [3.63, 3.8) is 0 Å². The van der Waals surface area contributed by atoms with Crippen molar-refractivity contribution < 1.29 is 14.7 Å². The minimum Gasteiger partial charge on any atom is -0.483 e. The van der Waals surface area contributed by atoms with Crippen molar-refractivity contribution in [2.75, 3.05) is 19.6 Å². The minimum absolute atomic E-state index is 0.0836. The molecule has 9 nitrogen and oxygen atoms in total. The Balaban J connectivity index is 0.000000645. The molecule has 2 aromatic heterocycles. The first kappa shape index (κ1) is 19.1. The van der Waals surface area contributed by atoms with Crippen molar-refractivity contribution in [1.29, 1.82) is 0 Å². The minimum atomic E-state index is -0.250. The molecule has 29 heavy (non-hydrogen) atoms. The maximum Gasteiger partial charge on any atom is 0.290 e. The highest BCUT2D eigenvalue weighted by Gasteiger charge is 2.35. The molecule has 0 aliphatic carbocycles. The lowest BCUT2D eigenvalue weighted by atomic mass is 9.84. The van der Waals surface area contributed by atoms with Gasteiger partial charge in [0.05, 0.1) is 5.52 Å². The number of nitrogens with one attached hydrogen (secondary N) is 2. The number of carbonyl (C=O) groups is 2. The molecule has 1 amide bonds. The van der Waals surface area contributed by atoms with Gasteiger partial charge in [-0.25, -0.2) is 4.98 Å². The molecule has 3 aliphatic heterocycles. The van der Waals surface area contributed by atoms with Crippen molar-refractivity contribution in [2.45, 2.75) is 18.9 Å². The van der Waals surface area contributed by atoms with Crippen LogP contribution in [0.1, 0.15) is 23.3 Å². The van der Waals surface area contributed by atoms with E-state index in [-0.39, 0.29) is 18.4 Å². The molecule has 152 valence electrons. The van der Waals surface area contributed by atoms with E-state index in [0.717, 1.165) is 28.8 Å². The lowest BCUT2D eigenvalue weighted by molar-refractivity contribution is -0.122. The number of nitrogens with zero attached hydrogens (tertiary/aromatic N) is 4. The van der Waals surface area contributed by atoms with Crippen LogP contribution in [0.3, 0.4) is 0 Å². The Hall–Kier alpha value is -3.20. The van der Waals surface area contributed by atoms with Gasteiger partial charge in [-0.05, 0) is 44.0 Å². The number of imidazole rings is 1. The molecule has 3 N–H and O–H groups in total. The van der Waals surface area contributed by atoms with Crippen LogP contribution in [-0.2, 0) is 11.8 Å². The molecule has 0 spiro atoms. The second-order valence-corrected chi connectivity index (χ2v) is 7.52. The van der Waals surface area contributed by atoms with Crippen molar-refractivity contribution in [2.24, 2.45) is 13.0 Å². The SMILES string of the molecule is Cn1ccnc1-c1ccc2c(C(=O)N[C@H]3CN4CCC3CC4)n[nH]c2c1.O=CO. The highest BCUT2D eigenvalue weighted by molar-refractivity contribution is 6.05. The number of H-pyrrole nitrogens is 1. The van der Waals surface area contributed by atoms with E-state index < -0.39 is 0 Å². The van der Waals surface area contributed by atoms with Gasteiger partial charge in [0.2, 0.25) is 0 Å². The molecule has 3 fully saturated rings. The molecule has 1 atom stereocenters. The number of aromatic amines is 1. The largest absolute Gasteiger partial charge is 0.483 e. The highest BCUT2D eigenvalue weighted by Crippen LogP contribution is 2.28. The zero-order valence-electron chi connectivity index (χ0n) is 16.2. The number of rotatable bonds is 3. The number of carbonyl (C=O) groups excluding carboxylic acids is 1. The van der Waals surface area contributed by atoms with Crippen molar-refractivity contribution >= 4 is 23.3 Å². The van der Waals surface area contributed by atoms with Crippen LogP contribution in [-0.4, -0.2) is 67.8 Å². The van der Waals surface area contributed by atoms with Crippen molar-refractivity contribution in [3.05, 3.63) is 36.3 Å². The van der Waals surface area contributed by atoms with Crippen LogP contribution in [0.4, 0.5) is 0 Å². The van der Waals surface area contributed by atoms with Crippen LogP contribution in [0.25, 0.3) is 22.3 Å². The maximum atomic E-state index is 12.8. The van der Waals surface area contributed by atoms with Gasteiger partial charge in [-0.15, -0.1) is 0 Å². The smallest absolute Gasteiger partial charge is 0.290 e. The lowest BCUT2D eigenvalue weighted by Gasteiger charge is -2.44. The summed E-state index contributed by atoms with van der Waals surface area (Å²) in [5.41, 5.74) is 2.32. The van der Waals surface area contributed by atoms with Gasteiger partial charge in [-0.2, -0.15) is 5.10 Å². The molecule has 1 aromatic carbocycles. The van der Waals surface area contributed by atoms with E-state index in [2.05, 4.69) is 25.4 Å². The number of hydrogen-bond donors (Lipinski definition) is 3. The average molecular weight is 396 g/mol. The van der Waals surface area contributed by atoms with Crippen LogP contribution in [0.5, 0.6) is 0 Å². The third-order valence-corrected chi connectivity index (χ3v) is 5.83. The number of fused-ring (bicyclic) bond motifs is 4. The molecule has 0 saturated carbocycles. The molecule has 0 radical (unpaired) electrons. The fraction of sp³-hybridized carbons (Fsp3) is 0.400. The summed E-state index contributed by atoms with van der Waals surface area (Å²) in [6.45, 7) is 3.04. The van der Waals surface area contributed by atoms with Gasteiger partial charge >= 0.3 is 0 Å². The maximum absolute atomic E-state index is 12.8. The summed E-state index contributed by atoms with van der Waals surface area (Å²) in [5.74, 6) is 1.41. The topological polar surface area (TPSA) is 116 Å². The molecule has 3 aromatic rings. The standard InChI is InChI=1S/C19H22N6O.CH2O2/c1-24-9-6-20-18(24)13-2-3-14-15(10-13)22-23-17(14)19(26)21-16-11-25-7-4-12(16)5-8-25;2-1-3/h2-3,6,9-10,12,16H,4-5,7-8,11H2,1H3,(H,21,26)(H,22,23);1H,(H,2,3)/t16-;/m0./s1. The summed E-state index contributed by atoms with van der Waals surface area (Å²) < 4.78 is 1.97. The van der Waals surface area contributed by atoms with Crippen LogP contribution >= 0.6 is 0 Å². The molecule has 3 saturated heterocycles. The number of hydrogen-bond acceptors (Lipinski definition) is 5. The quantitative estimate of drug-likeness (QED) is 0.578. The molecule has 2 bridgehead atoms. The Kier molecular flexibility index (Phi) is 5.30. The second-order valence-electron chi connectivity index (χ2n) is 7.52. The van der Waals surface area contributed by atoms with E-state index in [1.54, 1.807) is 6.20 Å². The third kappa shape index (κ3) is 3.73. The zero-order chi connectivity index (χ0) is 20.4. The van der Waals surface area contributed by atoms with E-state index in [1.807, 2.05) is 36.0 Å². The van der Waals surface area contributed by atoms with Gasteiger partial charge in [0.15, 0.2) is 5.69 Å². The average Bonchev–Trinajstić information content (AvgIpc) is 3.35. The summed E-state index contributed by atoms with van der Waals surface area (Å²) in [6.07, 6.45) is 6.05. The molecule has 5 heterocycles. The van der Waals surface area contributed by atoms with Crippen LogP contribution in [0.2, 0.25) is 0 Å². The lowest BCUT2D eigenvalue weighted by Crippen LogP contribution is -2.57. The van der Waals surface area contributed by atoms with Crippen LogP contribution in [0.15, 0.2) is 30.6 Å². The summed E-state index contributed by atoms with van der Waals surface area (Å²) in [6, 6.07) is 6.18. The fourth-order valence-electron chi connectivity index (χ4n) is 4.34. The molecule has 6 rings (SSSR count). The highest BCUT2D eigenvalue weighted by atomic mass is 16.3. The first-order chi connectivity index (χ1) is 14.1. The van der Waals surface area contributed by atoms with Gasteiger partial charge in [-0.3, -0.25) is 14.7 Å². The van der Waals surface area contributed by atoms with Gasteiger partial charge in [0, 0.05) is 43.0 Å². The first-order valence-electron chi connectivity index (χ1n) is 9.67. The van der Waals surface area contributed by atoms with Crippen LogP contribution < -0.4 is 5.32 Å². The predicted molar refractivity (Wildman–Crippen MR) is 107 cm³/mol. The fourth-order valence-corrected chi connectivity index (χ4v) is 4.34.